The molecule has 2 fully saturated rings. The molecule has 8 heterocycles. The number of nitrogens with zero attached hydrogens (tertiary/aromatic N) is 9. The first-order valence-corrected chi connectivity index (χ1v) is 28.2. The first kappa shape index (κ1) is 52.5. The topological polar surface area (TPSA) is 226 Å². The SMILES string of the molecule is C[C@@H](Oc1cc2c(-c3ccc(N4CC(CS(C)(=O)=O)C4)nc3)n[nH]c2cc1F)c1c(Cl)cncc1Cl.C[C@@H](Oc1cc2c(-c3cnc(N4CC(CS(C)(=O)=O)C4)c(C#N)c3)n[nH]c2cc1F)c1c(Cl)cncc1Cl. The largest absolute Gasteiger partial charge is 0.483 e. The van der Waals surface area contributed by atoms with Crippen LogP contribution in [0.25, 0.3) is 44.3 Å². The molecule has 0 spiro atoms. The highest BCUT2D eigenvalue weighted by Gasteiger charge is 2.33. The molecule has 0 saturated carbocycles. The first-order valence-electron chi connectivity index (χ1n) is 22.6. The van der Waals surface area contributed by atoms with Crippen molar-refractivity contribution < 1.29 is 35.1 Å². The van der Waals surface area contributed by atoms with Gasteiger partial charge in [0.2, 0.25) is 0 Å². The number of hydrogen-bond donors (Lipinski definition) is 2. The number of ether oxygens (including phenoxy) is 2. The monoisotopic (exact) mass is 1120 g/mol. The molecule has 2 aliphatic rings. The van der Waals surface area contributed by atoms with Gasteiger partial charge in [-0.25, -0.2) is 35.6 Å². The Kier molecular flexibility index (Phi) is 14.9. The number of nitriles is 1. The molecule has 25 heteroatoms. The molecule has 0 bridgehead atoms. The number of rotatable bonds is 14. The highest BCUT2D eigenvalue weighted by molar-refractivity contribution is 7.90. The third kappa shape index (κ3) is 11.4. The molecule has 2 N–H and O–H groups in total. The quantitative estimate of drug-likeness (QED) is 0.103. The van der Waals surface area contributed by atoms with Gasteiger partial charge in [-0.2, -0.15) is 15.5 Å². The Labute approximate surface area is 443 Å². The predicted molar refractivity (Wildman–Crippen MR) is 281 cm³/mol. The third-order valence-electron chi connectivity index (χ3n) is 12.3. The van der Waals surface area contributed by atoms with Crippen LogP contribution in [0.2, 0.25) is 20.1 Å². The van der Waals surface area contributed by atoms with Crippen LogP contribution in [0, 0.1) is 34.8 Å². The van der Waals surface area contributed by atoms with Gasteiger partial charge in [-0.1, -0.05) is 46.4 Å². The molecule has 0 amide bonds. The maximum Gasteiger partial charge on any atom is 0.167 e. The first-order chi connectivity index (χ1) is 35.1. The Morgan fingerprint density at radius 3 is 1.54 bits per heavy atom. The number of pyridine rings is 4. The molecule has 0 radical (unpaired) electrons. The number of anilines is 2. The molecule has 384 valence electrons. The fourth-order valence-electron chi connectivity index (χ4n) is 8.98. The van der Waals surface area contributed by atoms with Crippen LogP contribution in [0.4, 0.5) is 20.4 Å². The van der Waals surface area contributed by atoms with Gasteiger partial charge in [-0.15, -0.1) is 0 Å². The molecule has 2 saturated heterocycles. The van der Waals surface area contributed by atoms with Gasteiger partial charge in [0.25, 0.3) is 0 Å². The summed E-state index contributed by atoms with van der Waals surface area (Å²) in [5, 5.41) is 26.6. The summed E-state index contributed by atoms with van der Waals surface area (Å²) in [6.07, 6.45) is 10.2. The number of halogens is 6. The number of H-pyrrole nitrogens is 2. The van der Waals surface area contributed by atoms with E-state index in [1.807, 2.05) is 21.9 Å². The Hall–Kier alpha value is -6.41. The van der Waals surface area contributed by atoms with Crippen molar-refractivity contribution in [2.75, 3.05) is 60.0 Å². The van der Waals surface area contributed by atoms with Crippen molar-refractivity contribution >= 4 is 99.5 Å². The maximum absolute atomic E-state index is 14.9. The molecule has 74 heavy (non-hydrogen) atoms. The van der Waals surface area contributed by atoms with E-state index in [9.17, 15) is 30.9 Å². The van der Waals surface area contributed by atoms with E-state index in [2.05, 4.69) is 46.4 Å². The van der Waals surface area contributed by atoms with Gasteiger partial charge in [-0.05, 0) is 44.2 Å². The molecule has 10 rings (SSSR count). The zero-order valence-electron chi connectivity index (χ0n) is 39.6. The number of aromatic nitrogens is 8. The third-order valence-corrected chi connectivity index (χ3v) is 15.7. The molecular formula is C49H43Cl4F2N11O6S2. The Morgan fingerprint density at radius 2 is 1.11 bits per heavy atom. The lowest BCUT2D eigenvalue weighted by Gasteiger charge is -2.40. The lowest BCUT2D eigenvalue weighted by molar-refractivity contribution is 0.217. The Balaban J connectivity index is 0.000000182. The molecule has 0 aliphatic carbocycles. The van der Waals surface area contributed by atoms with Crippen molar-refractivity contribution in [2.45, 2.75) is 26.1 Å². The van der Waals surface area contributed by atoms with Gasteiger partial charge in [-0.3, -0.25) is 20.2 Å². The number of benzene rings is 2. The van der Waals surface area contributed by atoms with Crippen LogP contribution in [-0.2, 0) is 19.7 Å². The number of hydrogen-bond acceptors (Lipinski definition) is 15. The van der Waals surface area contributed by atoms with Crippen LogP contribution < -0.4 is 19.3 Å². The van der Waals surface area contributed by atoms with Crippen LogP contribution >= 0.6 is 46.4 Å². The van der Waals surface area contributed by atoms with Gasteiger partial charge in [0.15, 0.2) is 23.1 Å². The molecular weight excluding hydrogens is 1080 g/mol. The predicted octanol–water partition coefficient (Wildman–Crippen LogP) is 10.0. The van der Waals surface area contributed by atoms with E-state index in [0.29, 0.717) is 108 Å². The summed E-state index contributed by atoms with van der Waals surface area (Å²) in [5.41, 5.74) is 4.63. The maximum atomic E-state index is 14.9. The van der Waals surface area contributed by atoms with Crippen LogP contribution in [0.3, 0.4) is 0 Å². The van der Waals surface area contributed by atoms with Crippen molar-refractivity contribution in [1.29, 1.82) is 5.26 Å². The molecule has 6 aromatic heterocycles. The van der Waals surface area contributed by atoms with Gasteiger partial charge in [0.1, 0.15) is 61.0 Å². The van der Waals surface area contributed by atoms with Crippen molar-refractivity contribution in [3.05, 3.63) is 128 Å². The minimum absolute atomic E-state index is 0.000856. The van der Waals surface area contributed by atoms with Crippen molar-refractivity contribution in [3.63, 3.8) is 0 Å². The number of aromatic amines is 2. The van der Waals surface area contributed by atoms with Crippen LogP contribution in [0.15, 0.2) is 79.6 Å². The van der Waals surface area contributed by atoms with E-state index in [1.165, 1.54) is 55.5 Å². The van der Waals surface area contributed by atoms with Gasteiger partial charge >= 0.3 is 0 Å². The van der Waals surface area contributed by atoms with E-state index in [-0.39, 0.29) is 34.8 Å². The molecule has 2 atom stereocenters. The second kappa shape index (κ2) is 21.1. The van der Waals surface area contributed by atoms with Crippen molar-refractivity contribution in [2.24, 2.45) is 11.8 Å². The number of fused-ring (bicyclic) bond motifs is 2. The standard InChI is InChI=1S/C25H21Cl2FN6O3S.C24H22Cl2FN5O3S/c1-13(23-18(26)8-30-9-19(23)27)37-22-4-17-21(5-20(22)28)32-33-24(17)16-3-15(6-29)25(31-7-16)34-10-14(11-34)12-38(2,35)36;1-13(23-17(25)8-28-9-18(23)26)35-21-5-16-20(6-19(21)27)30-31-24(16)15-3-4-22(29-7-15)32-10-14(11-32)12-36(2,33)34/h3-5,7-9,13-14H,10-12H2,1-2H3,(H,32,33);3-9,13-14H,10-12H2,1-2H3,(H,30,31)/t2*13-/m11/s1. The molecule has 17 nitrogen and oxygen atoms in total. The van der Waals surface area contributed by atoms with Gasteiger partial charge in [0, 0.05) is 133 Å². The van der Waals surface area contributed by atoms with E-state index in [1.54, 1.807) is 38.4 Å². The fourth-order valence-corrected chi connectivity index (χ4v) is 12.5. The average molecular weight is 1130 g/mol. The highest BCUT2D eigenvalue weighted by Crippen LogP contribution is 2.39. The molecule has 8 aromatic rings. The van der Waals surface area contributed by atoms with E-state index in [0.717, 1.165) is 11.4 Å². The normalized spacial score (nSPS) is 15.0. The average Bonchev–Trinajstić information content (AvgIpc) is 3.91. The van der Waals surface area contributed by atoms with Crippen LogP contribution in [-0.4, -0.2) is 107 Å². The summed E-state index contributed by atoms with van der Waals surface area (Å²) in [7, 11) is -6.07. The molecule has 2 aliphatic heterocycles. The summed E-state index contributed by atoms with van der Waals surface area (Å²) in [6.45, 7) is 5.73. The van der Waals surface area contributed by atoms with Gasteiger partial charge in [0.05, 0.1) is 48.2 Å². The second-order valence-corrected chi connectivity index (χ2v) is 24.2. The summed E-state index contributed by atoms with van der Waals surface area (Å²) in [6, 6.07) is 13.3. The lowest BCUT2D eigenvalue weighted by atomic mass is 10.0. The Bertz CT molecular complexity index is 3680. The Morgan fingerprint density at radius 1 is 0.662 bits per heavy atom. The van der Waals surface area contributed by atoms with Crippen LogP contribution in [0.1, 0.15) is 42.7 Å². The van der Waals surface area contributed by atoms with Crippen LogP contribution in [0.5, 0.6) is 11.5 Å². The second-order valence-electron chi connectivity index (χ2n) is 18.2. The van der Waals surface area contributed by atoms with Gasteiger partial charge < -0.3 is 19.3 Å². The van der Waals surface area contributed by atoms with Crippen molar-refractivity contribution in [3.8, 4) is 40.1 Å². The van der Waals surface area contributed by atoms with E-state index < -0.39 is 43.5 Å². The molecule has 2 aromatic carbocycles. The lowest BCUT2D eigenvalue weighted by Crippen LogP contribution is -2.50. The number of nitrogens with one attached hydrogen (secondary N) is 2. The fraction of sp³-hybridized carbons (Fsp3) is 0.286. The minimum Gasteiger partial charge on any atom is -0.483 e. The molecule has 0 unspecified atom stereocenters. The highest BCUT2D eigenvalue weighted by atomic mass is 35.5. The zero-order valence-corrected chi connectivity index (χ0v) is 44.3. The summed E-state index contributed by atoms with van der Waals surface area (Å²) < 4.78 is 87.6. The zero-order chi connectivity index (χ0) is 52.8. The van der Waals surface area contributed by atoms with E-state index >= 15 is 0 Å². The summed E-state index contributed by atoms with van der Waals surface area (Å²) in [4.78, 5) is 20.8. The minimum atomic E-state index is -3.07. The van der Waals surface area contributed by atoms with E-state index in [4.69, 9.17) is 55.9 Å². The summed E-state index contributed by atoms with van der Waals surface area (Å²) >= 11 is 24.9. The smallest absolute Gasteiger partial charge is 0.167 e. The number of sulfone groups is 2. The van der Waals surface area contributed by atoms with Crippen molar-refractivity contribution in [1.82, 2.24) is 40.3 Å². The summed E-state index contributed by atoms with van der Waals surface area (Å²) in [5.74, 6) is 0.485.